The Hall–Kier alpha value is -0.980. The molecule has 0 aliphatic heterocycles. The molecule has 1 atom stereocenters. The van der Waals surface area contributed by atoms with Gasteiger partial charge >= 0.3 is 5.55 Å². The van der Waals surface area contributed by atoms with Gasteiger partial charge in [-0.25, -0.2) is 8.42 Å². The average Bonchev–Trinajstić information content (AvgIpc) is 1.85. The molecule has 0 N–H and O–H groups in total. The topological polar surface area (TPSA) is 105 Å². The summed E-state index contributed by atoms with van der Waals surface area (Å²) < 4.78 is 41.8. The Morgan fingerprint density at radius 3 is 2.33 bits per heavy atom. The quantitative estimate of drug-likeness (QED) is 0.190. The summed E-state index contributed by atoms with van der Waals surface area (Å²) >= 11 is 0. The molecular weight excluding hydrogens is 204 g/mol. The highest BCUT2D eigenvalue weighted by molar-refractivity contribution is 8.05. The maximum absolute atomic E-state index is 10.9. The van der Waals surface area contributed by atoms with Gasteiger partial charge in [-0.1, -0.05) is 0 Å². The first kappa shape index (κ1) is 11.0. The van der Waals surface area contributed by atoms with E-state index in [1.807, 2.05) is 0 Å². The van der Waals surface area contributed by atoms with Gasteiger partial charge in [-0.2, -0.15) is 13.2 Å². The number of hydrogen-bond donors (Lipinski definition) is 0. The normalized spacial score (nSPS) is 12.8. The zero-order chi connectivity index (χ0) is 9.78. The summed E-state index contributed by atoms with van der Waals surface area (Å²) in [6.45, 7) is 1.16. The Kier molecular flexibility index (Phi) is 3.81. The van der Waals surface area contributed by atoms with Gasteiger partial charge in [0.15, 0.2) is 0 Å². The predicted octanol–water partition coefficient (Wildman–Crippen LogP) is -1.27. The largest absolute Gasteiger partial charge is 0.370 e. The van der Waals surface area contributed by atoms with E-state index in [0.29, 0.717) is 10.9 Å². The summed E-state index contributed by atoms with van der Waals surface area (Å²) in [4.78, 5) is 2.30. The van der Waals surface area contributed by atoms with Crippen LogP contribution in [0.4, 0.5) is 0 Å². The van der Waals surface area contributed by atoms with Crippen LogP contribution < -0.4 is 0 Å². The van der Waals surface area contributed by atoms with Gasteiger partial charge in [0.2, 0.25) is 10.3 Å². The van der Waals surface area contributed by atoms with E-state index >= 15 is 0 Å². The zero-order valence-electron chi connectivity index (χ0n) is 6.08. The first-order valence-corrected chi connectivity index (χ1v) is 5.49. The van der Waals surface area contributed by atoms with E-state index in [1.165, 1.54) is 0 Å². The maximum Gasteiger partial charge on any atom is 0.370 e. The molecule has 0 fully saturated rings. The fraction of sp³-hybridized carbons (Fsp3) is 0.500. The Labute approximate surface area is 70.9 Å². The molecule has 1 unspecified atom stereocenters. The maximum atomic E-state index is 10.9. The standard InChI is InChI=1S/C4H6N2O4S2/c1-4(2-11(7)8)12(9,10)3-6-5/h2-4H,1H3. The van der Waals surface area contributed by atoms with Crippen molar-refractivity contribution in [1.82, 2.24) is 0 Å². The van der Waals surface area contributed by atoms with Crippen LogP contribution in [0.3, 0.4) is 0 Å². The molecule has 0 saturated carbocycles. The second-order valence-corrected chi connectivity index (χ2v) is 4.84. The Bertz CT molecular complexity index is 418. The van der Waals surface area contributed by atoms with Gasteiger partial charge < -0.3 is 5.53 Å². The lowest BCUT2D eigenvalue weighted by atomic mass is 10.6. The van der Waals surface area contributed by atoms with E-state index in [4.69, 9.17) is 5.53 Å². The van der Waals surface area contributed by atoms with Crippen molar-refractivity contribution in [2.45, 2.75) is 12.2 Å². The fourth-order valence-electron chi connectivity index (χ4n) is 0.396. The van der Waals surface area contributed by atoms with Crippen molar-refractivity contribution in [3.8, 4) is 0 Å². The molecule has 0 aliphatic rings. The smallest absolute Gasteiger partial charge is 0.361 e. The molecule has 0 rings (SSSR count). The molecule has 0 aromatic carbocycles. The van der Waals surface area contributed by atoms with Crippen molar-refractivity contribution >= 4 is 31.0 Å². The first-order chi connectivity index (χ1) is 5.40. The lowest BCUT2D eigenvalue weighted by Gasteiger charge is -1.93. The first-order valence-electron chi connectivity index (χ1n) is 2.74. The minimum absolute atomic E-state index is 0.293. The summed E-state index contributed by atoms with van der Waals surface area (Å²) in [6.07, 6.45) is 0. The van der Waals surface area contributed by atoms with Crippen LogP contribution in [0.15, 0.2) is 0 Å². The molecule has 0 spiro atoms. The van der Waals surface area contributed by atoms with Crippen molar-refractivity contribution in [3.63, 3.8) is 0 Å². The van der Waals surface area contributed by atoms with Crippen molar-refractivity contribution in [2.75, 3.05) is 0 Å². The van der Waals surface area contributed by atoms with Crippen LogP contribution in [0, 0.1) is 0 Å². The van der Waals surface area contributed by atoms with Crippen molar-refractivity contribution in [3.05, 3.63) is 5.53 Å². The predicted molar refractivity (Wildman–Crippen MR) is 43.0 cm³/mol. The van der Waals surface area contributed by atoms with Gasteiger partial charge in [0.1, 0.15) is 5.25 Å². The molecule has 12 heavy (non-hydrogen) atoms. The minimum atomic E-state index is -3.80. The van der Waals surface area contributed by atoms with Crippen LogP contribution in [0.5, 0.6) is 0 Å². The van der Waals surface area contributed by atoms with E-state index in [0.717, 1.165) is 6.92 Å². The molecule has 0 amide bonds. The molecular formula is C4H6N2O4S2. The molecule has 6 nitrogen and oxygen atoms in total. The third-order valence-electron chi connectivity index (χ3n) is 1.02. The monoisotopic (exact) mass is 210 g/mol. The minimum Gasteiger partial charge on any atom is -0.361 e. The van der Waals surface area contributed by atoms with E-state index in [2.05, 4.69) is 4.79 Å². The van der Waals surface area contributed by atoms with E-state index in [1.54, 1.807) is 0 Å². The van der Waals surface area contributed by atoms with E-state index in [-0.39, 0.29) is 0 Å². The van der Waals surface area contributed by atoms with Crippen molar-refractivity contribution < 1.29 is 21.6 Å². The summed E-state index contributed by atoms with van der Waals surface area (Å²) in [7, 11) is -6.34. The molecule has 68 valence electrons. The van der Waals surface area contributed by atoms with Gasteiger partial charge in [-0.15, -0.1) is 0 Å². The Morgan fingerprint density at radius 2 is 2.00 bits per heavy atom. The van der Waals surface area contributed by atoms with Crippen molar-refractivity contribution in [2.24, 2.45) is 0 Å². The molecule has 0 radical (unpaired) electrons. The number of nitrogens with zero attached hydrogens (tertiary/aromatic N) is 2. The average molecular weight is 210 g/mol. The second kappa shape index (κ2) is 4.15. The number of sulfone groups is 1. The molecule has 8 heteroatoms. The van der Waals surface area contributed by atoms with E-state index in [9.17, 15) is 16.8 Å². The molecule has 0 saturated heterocycles. The fourth-order valence-corrected chi connectivity index (χ4v) is 1.92. The van der Waals surface area contributed by atoms with Crippen LogP contribution in [0.1, 0.15) is 6.92 Å². The van der Waals surface area contributed by atoms with Gasteiger partial charge in [0.25, 0.3) is 9.84 Å². The van der Waals surface area contributed by atoms with Crippen molar-refractivity contribution in [1.29, 1.82) is 0 Å². The SMILES string of the molecule is CC(C=S(=O)=O)S(=O)(=O)C=[N+]=[N-]. The van der Waals surface area contributed by atoms with Gasteiger partial charge in [0, 0.05) is 0 Å². The molecule has 0 heterocycles. The summed E-state index contributed by atoms with van der Waals surface area (Å²) in [5.74, 6) is 0. The highest BCUT2D eigenvalue weighted by Crippen LogP contribution is 1.93. The molecule has 0 aromatic rings. The lowest BCUT2D eigenvalue weighted by molar-refractivity contribution is 0.00752. The highest BCUT2D eigenvalue weighted by Gasteiger charge is 2.20. The van der Waals surface area contributed by atoms with Gasteiger partial charge in [-0.3, -0.25) is 0 Å². The Balaban J connectivity index is 5.09. The zero-order valence-corrected chi connectivity index (χ0v) is 7.71. The highest BCUT2D eigenvalue weighted by atomic mass is 32.2. The second-order valence-electron chi connectivity index (χ2n) is 1.91. The molecule has 0 aliphatic carbocycles. The summed E-state index contributed by atoms with van der Waals surface area (Å²) in [5, 5.41) is -0.622. The van der Waals surface area contributed by atoms with Crippen LogP contribution >= 0.6 is 0 Å². The van der Waals surface area contributed by atoms with Gasteiger partial charge in [-0.05, 0) is 6.92 Å². The molecule has 0 aromatic heterocycles. The van der Waals surface area contributed by atoms with Crippen LogP contribution in [-0.2, 0) is 20.1 Å². The Morgan fingerprint density at radius 1 is 1.50 bits per heavy atom. The van der Waals surface area contributed by atoms with Gasteiger partial charge in [0.05, 0.1) is 5.37 Å². The third kappa shape index (κ3) is 3.42. The van der Waals surface area contributed by atoms with Crippen LogP contribution in [0.25, 0.3) is 5.53 Å². The number of rotatable bonds is 3. The number of hydrogen-bond acceptors (Lipinski definition) is 4. The van der Waals surface area contributed by atoms with Crippen LogP contribution in [0.2, 0.25) is 0 Å². The summed E-state index contributed by atoms with van der Waals surface area (Å²) in [6, 6.07) is 0. The lowest BCUT2D eigenvalue weighted by Crippen LogP contribution is -2.20. The third-order valence-corrected chi connectivity index (χ3v) is 3.38. The summed E-state index contributed by atoms with van der Waals surface area (Å²) in [5.41, 5.74) is 8.20. The van der Waals surface area contributed by atoms with E-state index < -0.39 is 25.4 Å². The van der Waals surface area contributed by atoms with Crippen LogP contribution in [-0.4, -0.2) is 37.8 Å². The molecule has 0 bridgehead atoms.